The van der Waals surface area contributed by atoms with E-state index in [0.717, 1.165) is 54.8 Å². The van der Waals surface area contributed by atoms with Crippen molar-refractivity contribution in [1.29, 1.82) is 0 Å². The summed E-state index contributed by atoms with van der Waals surface area (Å²) in [4.78, 5) is 37.7. The van der Waals surface area contributed by atoms with Gasteiger partial charge in [0.15, 0.2) is 0 Å². The molecule has 0 saturated carbocycles. The van der Waals surface area contributed by atoms with E-state index >= 15 is 0 Å². The second-order valence-electron chi connectivity index (χ2n) is 10.0. The Bertz CT molecular complexity index is 1970. The molecule has 0 fully saturated rings. The van der Waals surface area contributed by atoms with Gasteiger partial charge >= 0.3 is 0 Å². The molecule has 0 spiro atoms. The van der Waals surface area contributed by atoms with Crippen molar-refractivity contribution < 1.29 is 9.59 Å². The van der Waals surface area contributed by atoms with Crippen LogP contribution >= 0.6 is 21.6 Å². The summed E-state index contributed by atoms with van der Waals surface area (Å²) in [5.41, 5.74) is 17.9. The minimum atomic E-state index is -0.163. The van der Waals surface area contributed by atoms with Crippen molar-refractivity contribution in [3.05, 3.63) is 126 Å². The van der Waals surface area contributed by atoms with Gasteiger partial charge in [0.25, 0.3) is 5.91 Å². The van der Waals surface area contributed by atoms with Gasteiger partial charge in [0.2, 0.25) is 6.41 Å². The molecular weight excluding hydrogens is 589 g/mol. The molecule has 218 valence electrons. The molecule has 0 aliphatic rings. The molecule has 4 aromatic carbocycles. The lowest BCUT2D eigenvalue weighted by molar-refractivity contribution is -0.107. The molecule has 8 nitrogen and oxygen atoms in total. The molecule has 5 N–H and O–H groups in total. The fraction of sp³-hybridized carbons (Fsp3) is 0.0588. The van der Waals surface area contributed by atoms with Crippen LogP contribution in [0.4, 0.5) is 17.1 Å². The largest absolute Gasteiger partial charge is 0.399 e. The fourth-order valence-electron chi connectivity index (χ4n) is 4.88. The molecule has 0 unspecified atom stereocenters. The average Bonchev–Trinajstić information content (AvgIpc) is 3.06. The minimum Gasteiger partial charge on any atom is -0.399 e. The zero-order chi connectivity index (χ0) is 30.5. The van der Waals surface area contributed by atoms with E-state index in [2.05, 4.69) is 10.3 Å². The number of aromatic nitrogens is 2. The number of nitrogen functional groups attached to an aromatic ring is 2. The monoisotopic (exact) mass is 616 g/mol. The van der Waals surface area contributed by atoms with Gasteiger partial charge in [0.1, 0.15) is 0 Å². The topological polar surface area (TPSA) is 127 Å². The van der Waals surface area contributed by atoms with Crippen LogP contribution in [0.5, 0.6) is 0 Å². The highest BCUT2D eigenvalue weighted by Gasteiger charge is 2.15. The van der Waals surface area contributed by atoms with E-state index in [-0.39, 0.29) is 5.91 Å². The van der Waals surface area contributed by atoms with E-state index < -0.39 is 0 Å². The Labute approximate surface area is 262 Å². The molecule has 6 aromatic rings. The SMILES string of the molecule is Nc1ccc(C(=O)NCc2ccc(SSc3ccc(CN(C=O)c4ccc(N)cc4)c4cccnc34)c3ncccc23)cc1. The van der Waals surface area contributed by atoms with Gasteiger partial charge in [-0.05, 0) is 83.9 Å². The van der Waals surface area contributed by atoms with Crippen LogP contribution in [0.2, 0.25) is 0 Å². The third kappa shape index (κ3) is 6.31. The molecule has 0 bridgehead atoms. The number of carbonyl (C=O) groups is 2. The molecule has 44 heavy (non-hydrogen) atoms. The van der Waals surface area contributed by atoms with Crippen molar-refractivity contribution in [3.63, 3.8) is 0 Å². The summed E-state index contributed by atoms with van der Waals surface area (Å²) >= 11 is 0. The Kier molecular flexibility index (Phi) is 8.62. The van der Waals surface area contributed by atoms with E-state index in [1.54, 1.807) is 75.3 Å². The van der Waals surface area contributed by atoms with E-state index in [1.807, 2.05) is 60.7 Å². The van der Waals surface area contributed by atoms with Gasteiger partial charge in [-0.15, -0.1) is 0 Å². The quantitative estimate of drug-likeness (QED) is 0.0868. The third-order valence-electron chi connectivity index (χ3n) is 7.17. The van der Waals surface area contributed by atoms with Crippen molar-refractivity contribution in [2.24, 2.45) is 0 Å². The molecule has 0 radical (unpaired) electrons. The highest BCUT2D eigenvalue weighted by Crippen LogP contribution is 2.43. The number of benzene rings is 4. The van der Waals surface area contributed by atoms with Crippen molar-refractivity contribution in [3.8, 4) is 0 Å². The summed E-state index contributed by atoms with van der Waals surface area (Å²) in [5.74, 6) is -0.163. The number of hydrogen-bond donors (Lipinski definition) is 3. The number of nitrogens with two attached hydrogens (primary N) is 2. The van der Waals surface area contributed by atoms with Gasteiger partial charge in [0.05, 0.1) is 17.6 Å². The highest BCUT2D eigenvalue weighted by atomic mass is 33.1. The summed E-state index contributed by atoms with van der Waals surface area (Å²) in [6.45, 7) is 0.770. The van der Waals surface area contributed by atoms with E-state index in [0.29, 0.717) is 30.0 Å². The molecule has 0 aliphatic heterocycles. The van der Waals surface area contributed by atoms with E-state index in [1.165, 1.54) is 0 Å². The number of carbonyl (C=O) groups excluding carboxylic acids is 2. The Morgan fingerprint density at radius 1 is 0.727 bits per heavy atom. The fourth-order valence-corrected chi connectivity index (χ4v) is 7.13. The summed E-state index contributed by atoms with van der Waals surface area (Å²) in [6.07, 6.45) is 4.39. The first-order chi connectivity index (χ1) is 21.5. The number of hydrogen-bond acceptors (Lipinski definition) is 8. The van der Waals surface area contributed by atoms with Crippen LogP contribution in [0.25, 0.3) is 21.8 Å². The Morgan fingerprint density at radius 2 is 1.27 bits per heavy atom. The predicted octanol–water partition coefficient (Wildman–Crippen LogP) is 6.84. The van der Waals surface area contributed by atoms with Gasteiger partial charge in [-0.3, -0.25) is 19.6 Å². The van der Waals surface area contributed by atoms with Crippen LogP contribution in [0.3, 0.4) is 0 Å². The Hall–Kier alpha value is -5.06. The summed E-state index contributed by atoms with van der Waals surface area (Å²) in [5, 5.41) is 4.96. The lowest BCUT2D eigenvalue weighted by Gasteiger charge is -2.19. The maximum absolute atomic E-state index is 12.7. The number of anilines is 3. The van der Waals surface area contributed by atoms with Crippen molar-refractivity contribution in [2.75, 3.05) is 16.4 Å². The van der Waals surface area contributed by atoms with Gasteiger partial charge in [-0.1, -0.05) is 45.9 Å². The zero-order valence-electron chi connectivity index (χ0n) is 23.5. The van der Waals surface area contributed by atoms with Crippen LogP contribution < -0.4 is 21.7 Å². The highest BCUT2D eigenvalue weighted by molar-refractivity contribution is 8.76. The van der Waals surface area contributed by atoms with Gasteiger partial charge in [-0.2, -0.15) is 0 Å². The van der Waals surface area contributed by atoms with Crippen LogP contribution in [-0.4, -0.2) is 22.3 Å². The van der Waals surface area contributed by atoms with Crippen LogP contribution in [-0.2, 0) is 17.9 Å². The van der Waals surface area contributed by atoms with Crippen LogP contribution in [0.1, 0.15) is 21.5 Å². The smallest absolute Gasteiger partial charge is 0.251 e. The van der Waals surface area contributed by atoms with E-state index in [4.69, 9.17) is 16.5 Å². The number of amides is 2. The molecule has 6 rings (SSSR count). The van der Waals surface area contributed by atoms with Gasteiger partial charge in [-0.25, -0.2) is 0 Å². The van der Waals surface area contributed by atoms with E-state index in [9.17, 15) is 9.59 Å². The summed E-state index contributed by atoms with van der Waals surface area (Å²) < 4.78 is 0. The van der Waals surface area contributed by atoms with Crippen molar-refractivity contribution in [2.45, 2.75) is 22.9 Å². The third-order valence-corrected chi connectivity index (χ3v) is 9.60. The number of fused-ring (bicyclic) bond motifs is 2. The maximum Gasteiger partial charge on any atom is 0.251 e. The molecule has 10 heteroatoms. The molecule has 0 saturated heterocycles. The minimum absolute atomic E-state index is 0.163. The van der Waals surface area contributed by atoms with Gasteiger partial charge in [0, 0.05) is 62.1 Å². The first-order valence-corrected chi connectivity index (χ1v) is 15.9. The predicted molar refractivity (Wildman–Crippen MR) is 180 cm³/mol. The number of nitrogens with one attached hydrogen (secondary N) is 1. The lowest BCUT2D eigenvalue weighted by atomic mass is 10.1. The van der Waals surface area contributed by atoms with Gasteiger partial charge < -0.3 is 21.7 Å². The zero-order valence-corrected chi connectivity index (χ0v) is 25.1. The first-order valence-electron chi connectivity index (χ1n) is 13.8. The molecule has 2 amide bonds. The Balaban J connectivity index is 1.21. The standard InChI is InChI=1S/C34H28N6O2S2/c35-25-9-5-22(6-10-25)34(42)39-19-23-7-15-30(32-28(23)3-1-17-37-32)43-44-31-16-8-24(29-4-2-18-38-33(29)31)20-40(21-41)27-13-11-26(36)12-14-27/h1-18,21H,19-20,35-36H2,(H,39,42). The summed E-state index contributed by atoms with van der Waals surface area (Å²) in [6, 6.07) is 30.1. The molecular formula is C34H28N6O2S2. The Morgan fingerprint density at radius 3 is 1.86 bits per heavy atom. The molecule has 2 heterocycles. The lowest BCUT2D eigenvalue weighted by Crippen LogP contribution is -2.22. The normalized spacial score (nSPS) is 11.0. The number of rotatable bonds is 10. The van der Waals surface area contributed by atoms with Crippen molar-refractivity contribution in [1.82, 2.24) is 15.3 Å². The van der Waals surface area contributed by atoms with Crippen LogP contribution in [0.15, 0.2) is 119 Å². The number of nitrogens with zero attached hydrogens (tertiary/aromatic N) is 3. The number of pyridine rings is 2. The maximum atomic E-state index is 12.7. The second kappa shape index (κ2) is 13.1. The second-order valence-corrected chi connectivity index (χ2v) is 12.3. The van der Waals surface area contributed by atoms with Crippen LogP contribution in [0, 0.1) is 0 Å². The van der Waals surface area contributed by atoms with Crippen molar-refractivity contribution >= 4 is 72.8 Å². The molecule has 2 aromatic heterocycles. The average molecular weight is 617 g/mol. The first kappa shape index (κ1) is 29.0. The molecule has 0 aliphatic carbocycles. The molecule has 0 atom stereocenters. The summed E-state index contributed by atoms with van der Waals surface area (Å²) in [7, 11) is 3.22.